The molecule has 25 nitrogen and oxygen atoms in total. The number of methoxy groups -OCH3 is 3. The molecule has 6 aromatic rings. The molecule has 4 N–H and O–H groups in total. The molecule has 438 valence electrons. The predicted molar refractivity (Wildman–Crippen MR) is 275 cm³/mol. The Labute approximate surface area is 469 Å². The van der Waals surface area contributed by atoms with Crippen LogP contribution in [0.5, 0.6) is 17.8 Å². The minimum absolute atomic E-state index is 0.0715. The van der Waals surface area contributed by atoms with E-state index in [9.17, 15) is 66.7 Å². The first-order valence-electron chi connectivity index (χ1n) is 22.3. The van der Waals surface area contributed by atoms with E-state index < -0.39 is 101 Å². The molecule has 2 aromatic carbocycles. The van der Waals surface area contributed by atoms with Crippen molar-refractivity contribution in [3.63, 3.8) is 0 Å². The molecule has 4 aromatic heterocycles. The SMILES string of the molecule is CC(C)OC(=O)c1cc(-c2nn(C)c(C(F)(F)F)c2Br)c(F)cc1Cl.COc1cc(OC)nc(NC(=O)NS(=O)(=O)c2ncccc2C(=O)N(C)C)n1.COc1nc(C)nc(NC(=O)NS(=O)(=O)c2ccccc2CCC(F)(F)F)n1. The number of urea groups is 2. The highest BCUT2D eigenvalue weighted by atomic mass is 79.9. The molecule has 0 unspecified atom stereocenters. The van der Waals surface area contributed by atoms with Gasteiger partial charge >= 0.3 is 36.4 Å². The Morgan fingerprint density at radius 3 is 1.90 bits per heavy atom. The van der Waals surface area contributed by atoms with Crippen LogP contribution < -0.4 is 34.3 Å². The molecule has 0 radical (unpaired) electrons. The van der Waals surface area contributed by atoms with Crippen LogP contribution >= 0.6 is 27.5 Å². The van der Waals surface area contributed by atoms with Crippen LogP contribution in [0.25, 0.3) is 11.3 Å². The molecule has 5 amide bonds. The predicted octanol–water partition coefficient (Wildman–Crippen LogP) is 7.52. The van der Waals surface area contributed by atoms with Crippen LogP contribution in [0.15, 0.2) is 75.2 Å². The van der Waals surface area contributed by atoms with Gasteiger partial charge in [0.2, 0.25) is 23.7 Å². The summed E-state index contributed by atoms with van der Waals surface area (Å²) in [5, 5.41) is 7.17. The summed E-state index contributed by atoms with van der Waals surface area (Å²) in [6.45, 7) is 4.73. The highest BCUT2D eigenvalue weighted by molar-refractivity contribution is 9.10. The van der Waals surface area contributed by atoms with Crippen molar-refractivity contribution in [2.75, 3.05) is 46.1 Å². The number of hydrogen-bond acceptors (Lipinski definition) is 19. The second-order valence-electron chi connectivity index (χ2n) is 16.3. The van der Waals surface area contributed by atoms with E-state index in [-0.39, 0.29) is 68.5 Å². The first kappa shape index (κ1) is 65.5. The van der Waals surface area contributed by atoms with E-state index >= 15 is 0 Å². The van der Waals surface area contributed by atoms with Gasteiger partial charge in [0.15, 0.2) is 10.7 Å². The Kier molecular flexibility index (Phi) is 22.2. The van der Waals surface area contributed by atoms with Gasteiger partial charge in [0, 0.05) is 39.3 Å². The lowest BCUT2D eigenvalue weighted by Crippen LogP contribution is -2.36. The Morgan fingerprint density at radius 2 is 1.37 bits per heavy atom. The van der Waals surface area contributed by atoms with Crippen LogP contribution in [0, 0.1) is 12.7 Å². The number of halogens is 9. The van der Waals surface area contributed by atoms with Crippen molar-refractivity contribution < 1.29 is 85.7 Å². The number of hydrogen-bond donors (Lipinski definition) is 4. The van der Waals surface area contributed by atoms with Gasteiger partial charge in [-0.1, -0.05) is 29.8 Å². The molecule has 0 aliphatic rings. The van der Waals surface area contributed by atoms with Gasteiger partial charge in [0.1, 0.15) is 17.3 Å². The zero-order valence-electron chi connectivity index (χ0n) is 43.4. The van der Waals surface area contributed by atoms with Crippen LogP contribution in [0.2, 0.25) is 5.02 Å². The molecular weight excluding hydrogens is 1230 g/mol. The highest BCUT2D eigenvalue weighted by Gasteiger charge is 2.39. The lowest BCUT2D eigenvalue weighted by molar-refractivity contribution is -0.144. The largest absolute Gasteiger partial charge is 0.481 e. The van der Waals surface area contributed by atoms with Gasteiger partial charge in [0.25, 0.3) is 26.0 Å². The third-order valence-corrected chi connectivity index (χ3v) is 13.4. The summed E-state index contributed by atoms with van der Waals surface area (Å²) in [7, 11) is -0.909. The van der Waals surface area contributed by atoms with Gasteiger partial charge in [-0.15, -0.1) is 0 Å². The average Bonchev–Trinajstić information content (AvgIpc) is 3.79. The van der Waals surface area contributed by atoms with Crippen LogP contribution in [-0.4, -0.2) is 133 Å². The fourth-order valence-corrected chi connectivity index (χ4v) is 9.49. The molecule has 0 spiro atoms. The number of aryl methyl sites for hydroxylation is 3. The van der Waals surface area contributed by atoms with Gasteiger partial charge in [0.05, 0.1) is 59.0 Å². The van der Waals surface area contributed by atoms with E-state index in [0.29, 0.717) is 4.68 Å². The Hall–Kier alpha value is -8.05. The van der Waals surface area contributed by atoms with Crippen molar-refractivity contribution >= 4 is 83.4 Å². The maximum atomic E-state index is 14.3. The van der Waals surface area contributed by atoms with Crippen LogP contribution in [-0.2, 0) is 44.4 Å². The van der Waals surface area contributed by atoms with E-state index in [4.69, 9.17) is 30.5 Å². The normalized spacial score (nSPS) is 11.4. The first-order valence-corrected chi connectivity index (χ1v) is 26.5. The summed E-state index contributed by atoms with van der Waals surface area (Å²) in [5.41, 5.74) is -2.12. The van der Waals surface area contributed by atoms with Crippen LogP contribution in [0.3, 0.4) is 0 Å². The van der Waals surface area contributed by atoms with Gasteiger partial charge in [-0.25, -0.2) is 41.6 Å². The van der Waals surface area contributed by atoms with Crippen molar-refractivity contribution in [2.45, 2.75) is 62.0 Å². The number of carbonyl (C=O) groups excluding carboxylic acids is 4. The van der Waals surface area contributed by atoms with Crippen molar-refractivity contribution in [1.29, 1.82) is 0 Å². The molecule has 0 fully saturated rings. The fourth-order valence-electron chi connectivity index (χ4n) is 6.28. The number of pyridine rings is 1. The van der Waals surface area contributed by atoms with E-state index in [1.807, 2.05) is 0 Å². The third-order valence-electron chi connectivity index (χ3n) is 9.65. The molecule has 81 heavy (non-hydrogen) atoms. The molecule has 0 aliphatic carbocycles. The smallest absolute Gasteiger partial charge is 0.434 e. The number of amides is 5. The lowest BCUT2D eigenvalue weighted by Gasteiger charge is -2.14. The monoisotopic (exact) mass is 1270 g/mol. The maximum absolute atomic E-state index is 14.3. The van der Waals surface area contributed by atoms with Gasteiger partial charge in [-0.05, 0) is 79.0 Å². The number of sulfonamides is 2. The number of aromatic nitrogens is 8. The topological polar surface area (TPSA) is 320 Å². The summed E-state index contributed by atoms with van der Waals surface area (Å²) in [5.74, 6) is -2.45. The number of nitrogens with zero attached hydrogens (tertiary/aromatic N) is 9. The summed E-state index contributed by atoms with van der Waals surface area (Å²) in [6, 6.07) is 8.57. The number of ether oxygens (including phenoxy) is 4. The highest BCUT2D eigenvalue weighted by Crippen LogP contribution is 2.41. The average molecular weight is 1270 g/mol. The standard InChI is InChI=1S/C15H12BrClF4N2O2.C15H16F3N5O4S.C15H18N6O6S/c1-6(2)25-14(24)7-4-8(10(18)5-9(7)17)12-11(16)13(15(19,20)21)23(3)22-12;1-9-19-12(22-14(20-9)27-2)21-13(24)23-28(25,26)11-6-4-3-5-10(11)7-8-15(16,17)18;1-21(2)13(22)9-6-5-7-16-12(9)28(24,25)20-15(23)19-14-17-10(26-3)8-11(18-14)27-4/h4-6H,1-3H3;3-6H,7-8H2,1-2H3,(H2,19,20,21,22,23,24);5-8H,1-4H3,(H2,17,18,19,20,23). The Morgan fingerprint density at radius 1 is 0.790 bits per heavy atom. The third kappa shape index (κ3) is 18.5. The Balaban J connectivity index is 0.000000262. The van der Waals surface area contributed by atoms with Gasteiger partial charge < -0.3 is 23.8 Å². The zero-order valence-corrected chi connectivity index (χ0v) is 47.4. The molecule has 0 saturated carbocycles. The molecule has 0 saturated heterocycles. The maximum Gasteiger partial charge on any atom is 0.434 e. The number of benzene rings is 2. The summed E-state index contributed by atoms with van der Waals surface area (Å²) in [4.78, 5) is 71.9. The molecule has 0 atom stereocenters. The number of esters is 1. The van der Waals surface area contributed by atoms with Gasteiger partial charge in [-0.3, -0.25) is 20.1 Å². The summed E-state index contributed by atoms with van der Waals surface area (Å²) in [6.07, 6.45) is -10.1. The summed E-state index contributed by atoms with van der Waals surface area (Å²) >= 11 is 8.67. The number of anilines is 2. The van der Waals surface area contributed by atoms with E-state index in [2.05, 4.69) is 61.6 Å². The molecule has 4 heterocycles. The number of carbonyl (C=O) groups is 4. The van der Waals surface area contributed by atoms with Crippen LogP contribution in [0.4, 0.5) is 52.2 Å². The number of alkyl halides is 6. The molecule has 36 heteroatoms. The Bertz CT molecular complexity index is 3500. The van der Waals surface area contributed by atoms with Crippen LogP contribution in [0.1, 0.15) is 58.1 Å². The van der Waals surface area contributed by atoms with Crippen molar-refractivity contribution in [1.82, 2.24) is 54.0 Å². The number of rotatable bonds is 15. The lowest BCUT2D eigenvalue weighted by atomic mass is 10.1. The van der Waals surface area contributed by atoms with Crippen molar-refractivity contribution in [3.8, 4) is 29.0 Å². The van der Waals surface area contributed by atoms with Gasteiger partial charge in [-0.2, -0.15) is 64.8 Å². The minimum atomic E-state index is -4.69. The fraction of sp³-hybridized carbons (Fsp3) is 0.311. The van der Waals surface area contributed by atoms with Crippen molar-refractivity contribution in [3.05, 3.63) is 104 Å². The second kappa shape index (κ2) is 27.4. The molecule has 0 aliphatic heterocycles. The molecular formula is C45H46BrClF7N13O12S2. The summed E-state index contributed by atoms with van der Waals surface area (Å²) < 4.78 is 164. The first-order chi connectivity index (χ1) is 37.6. The molecule has 6 rings (SSSR count). The quantitative estimate of drug-likeness (QED) is 0.0570. The molecule has 0 bridgehead atoms. The van der Waals surface area contributed by atoms with Crippen molar-refractivity contribution in [2.24, 2.45) is 7.05 Å². The van der Waals surface area contributed by atoms with E-state index in [1.165, 1.54) is 89.8 Å². The zero-order chi connectivity index (χ0) is 60.9. The minimum Gasteiger partial charge on any atom is -0.481 e. The van der Waals surface area contributed by atoms with E-state index in [1.54, 1.807) is 23.3 Å². The number of nitrogens with one attached hydrogen (secondary N) is 4. The second-order valence-corrected chi connectivity index (χ2v) is 20.7. The van der Waals surface area contributed by atoms with E-state index in [0.717, 1.165) is 25.2 Å².